The maximum atomic E-state index is 13.8. The number of nitrogens with zero attached hydrogens (tertiary/aromatic N) is 2. The molecule has 3 N–H and O–H groups in total. The first-order valence-electron chi connectivity index (χ1n) is 14.8. The molecule has 7 nitrogen and oxygen atoms in total. The minimum atomic E-state index is -0.932. The third kappa shape index (κ3) is 4.64. The SMILES string of the molecule is C=C1Cn2c(c(C3CCCCC3)c3ccc(C(=O)NC4(C(=O)Nc5nccs5)CCCC4)cc32)-c2ccccc2N1. The molecule has 41 heavy (non-hydrogen) atoms. The Labute approximate surface area is 244 Å². The van der Waals surface area contributed by atoms with E-state index in [1.807, 2.05) is 17.5 Å². The molecule has 2 aromatic heterocycles. The van der Waals surface area contributed by atoms with Crippen LogP contribution in [0.5, 0.6) is 0 Å². The number of carbonyl (C=O) groups is 2. The Morgan fingerprint density at radius 1 is 1.05 bits per heavy atom. The van der Waals surface area contributed by atoms with E-state index in [4.69, 9.17) is 0 Å². The van der Waals surface area contributed by atoms with Crippen molar-refractivity contribution in [3.63, 3.8) is 0 Å². The summed E-state index contributed by atoms with van der Waals surface area (Å²) in [5.41, 5.74) is 6.48. The predicted molar refractivity (Wildman–Crippen MR) is 165 cm³/mol. The van der Waals surface area contributed by atoms with Gasteiger partial charge in [-0.05, 0) is 55.4 Å². The fourth-order valence-electron chi connectivity index (χ4n) is 7.17. The van der Waals surface area contributed by atoms with Crippen LogP contribution in [-0.4, -0.2) is 26.9 Å². The van der Waals surface area contributed by atoms with E-state index >= 15 is 0 Å². The molecule has 2 saturated carbocycles. The van der Waals surface area contributed by atoms with Crippen LogP contribution < -0.4 is 16.0 Å². The molecule has 2 fully saturated rings. The van der Waals surface area contributed by atoms with Gasteiger partial charge in [0.25, 0.3) is 11.8 Å². The molecule has 8 heteroatoms. The second-order valence-corrected chi connectivity index (χ2v) is 12.6. The van der Waals surface area contributed by atoms with E-state index in [0.717, 1.165) is 29.7 Å². The largest absolute Gasteiger partial charge is 0.357 e. The van der Waals surface area contributed by atoms with Crippen molar-refractivity contribution in [3.8, 4) is 11.3 Å². The molecule has 0 radical (unpaired) electrons. The van der Waals surface area contributed by atoms with Crippen molar-refractivity contribution < 1.29 is 9.59 Å². The highest BCUT2D eigenvalue weighted by molar-refractivity contribution is 7.13. The Balaban J connectivity index is 1.30. The van der Waals surface area contributed by atoms with E-state index in [1.165, 1.54) is 65.6 Å². The molecule has 2 amide bonds. The highest BCUT2D eigenvalue weighted by Gasteiger charge is 2.43. The molecule has 4 aromatic rings. The molecule has 3 aliphatic rings. The summed E-state index contributed by atoms with van der Waals surface area (Å²) in [6.07, 6.45) is 10.8. The molecular formula is C33H35N5O2S. The predicted octanol–water partition coefficient (Wildman–Crippen LogP) is 7.43. The van der Waals surface area contributed by atoms with Gasteiger partial charge >= 0.3 is 0 Å². The summed E-state index contributed by atoms with van der Waals surface area (Å²) in [4.78, 5) is 31.4. The molecule has 0 unspecified atom stereocenters. The maximum absolute atomic E-state index is 13.8. The molecule has 2 aromatic carbocycles. The number of anilines is 2. The highest BCUT2D eigenvalue weighted by Crippen LogP contribution is 2.47. The van der Waals surface area contributed by atoms with E-state index < -0.39 is 5.54 Å². The summed E-state index contributed by atoms with van der Waals surface area (Å²) >= 11 is 1.38. The van der Waals surface area contributed by atoms with E-state index in [2.05, 4.69) is 62.4 Å². The van der Waals surface area contributed by atoms with Crippen LogP contribution in [0.2, 0.25) is 0 Å². The van der Waals surface area contributed by atoms with Crippen LogP contribution in [0.25, 0.3) is 22.2 Å². The summed E-state index contributed by atoms with van der Waals surface area (Å²) < 4.78 is 2.34. The van der Waals surface area contributed by atoms with Crippen molar-refractivity contribution in [3.05, 3.63) is 77.4 Å². The van der Waals surface area contributed by atoms with Crippen LogP contribution in [0, 0.1) is 0 Å². The summed E-state index contributed by atoms with van der Waals surface area (Å²) in [6, 6.07) is 14.5. The maximum Gasteiger partial charge on any atom is 0.252 e. The number of para-hydroxylation sites is 1. The topological polar surface area (TPSA) is 88.1 Å². The van der Waals surface area contributed by atoms with Gasteiger partial charge in [0.2, 0.25) is 0 Å². The van der Waals surface area contributed by atoms with Gasteiger partial charge in [0, 0.05) is 45.0 Å². The van der Waals surface area contributed by atoms with Crippen LogP contribution in [0.15, 0.2) is 66.3 Å². The minimum Gasteiger partial charge on any atom is -0.357 e. The number of nitrogens with one attached hydrogen (secondary N) is 3. The second-order valence-electron chi connectivity index (χ2n) is 11.7. The van der Waals surface area contributed by atoms with Crippen molar-refractivity contribution in [1.29, 1.82) is 0 Å². The Kier molecular flexibility index (Phi) is 6.66. The molecular weight excluding hydrogens is 530 g/mol. The lowest BCUT2D eigenvalue weighted by Crippen LogP contribution is -2.55. The number of allylic oxidation sites excluding steroid dienone is 1. The minimum absolute atomic E-state index is 0.186. The van der Waals surface area contributed by atoms with Crippen LogP contribution >= 0.6 is 11.3 Å². The van der Waals surface area contributed by atoms with Crippen LogP contribution in [-0.2, 0) is 11.3 Å². The van der Waals surface area contributed by atoms with Crippen LogP contribution in [0.3, 0.4) is 0 Å². The number of amides is 2. The summed E-state index contributed by atoms with van der Waals surface area (Å²) in [5.74, 6) is 0.0799. The first-order chi connectivity index (χ1) is 20.0. The molecule has 0 atom stereocenters. The summed E-state index contributed by atoms with van der Waals surface area (Å²) in [5, 5.41) is 13.2. The summed E-state index contributed by atoms with van der Waals surface area (Å²) in [7, 11) is 0. The van der Waals surface area contributed by atoms with E-state index in [9.17, 15) is 9.59 Å². The van der Waals surface area contributed by atoms with Gasteiger partial charge in [-0.15, -0.1) is 11.3 Å². The number of carbonyl (C=O) groups excluding carboxylic acids is 2. The Morgan fingerprint density at radius 3 is 2.63 bits per heavy atom. The number of fused-ring (bicyclic) bond motifs is 5. The average molecular weight is 566 g/mol. The zero-order valence-corrected chi connectivity index (χ0v) is 24.0. The zero-order chi connectivity index (χ0) is 28.0. The van der Waals surface area contributed by atoms with E-state index in [-0.39, 0.29) is 11.8 Å². The van der Waals surface area contributed by atoms with Gasteiger partial charge in [-0.25, -0.2) is 4.98 Å². The third-order valence-electron chi connectivity index (χ3n) is 9.12. The van der Waals surface area contributed by atoms with E-state index in [0.29, 0.717) is 36.0 Å². The fourth-order valence-corrected chi connectivity index (χ4v) is 7.70. The van der Waals surface area contributed by atoms with E-state index in [1.54, 1.807) is 6.20 Å². The van der Waals surface area contributed by atoms with Gasteiger partial charge in [-0.1, -0.05) is 62.9 Å². The van der Waals surface area contributed by atoms with Crippen molar-refractivity contribution in [2.75, 3.05) is 10.6 Å². The molecule has 1 aliphatic heterocycles. The lowest BCUT2D eigenvalue weighted by Gasteiger charge is -2.28. The molecule has 2 aliphatic carbocycles. The van der Waals surface area contributed by atoms with Gasteiger partial charge in [0.05, 0.1) is 12.2 Å². The molecule has 0 spiro atoms. The molecule has 0 bridgehead atoms. The average Bonchev–Trinajstić information content (AvgIpc) is 3.72. The number of benzene rings is 2. The molecule has 0 saturated heterocycles. The first-order valence-corrected chi connectivity index (χ1v) is 15.6. The number of rotatable bonds is 5. The molecule has 7 rings (SSSR count). The van der Waals surface area contributed by atoms with Crippen molar-refractivity contribution in [1.82, 2.24) is 14.9 Å². The van der Waals surface area contributed by atoms with Gasteiger partial charge in [0.1, 0.15) is 5.54 Å². The van der Waals surface area contributed by atoms with Crippen LogP contribution in [0.4, 0.5) is 10.8 Å². The highest BCUT2D eigenvalue weighted by atomic mass is 32.1. The number of aromatic nitrogens is 2. The van der Waals surface area contributed by atoms with Gasteiger partial charge in [0.15, 0.2) is 5.13 Å². The van der Waals surface area contributed by atoms with Gasteiger partial charge in [-0.2, -0.15) is 0 Å². The Hall–Kier alpha value is -3.91. The van der Waals surface area contributed by atoms with Crippen molar-refractivity contribution >= 4 is 44.9 Å². The summed E-state index contributed by atoms with van der Waals surface area (Å²) in [6.45, 7) is 4.95. The Morgan fingerprint density at radius 2 is 1.85 bits per heavy atom. The normalized spacial score (nSPS) is 18.3. The monoisotopic (exact) mass is 565 g/mol. The second kappa shape index (κ2) is 10.5. The van der Waals surface area contributed by atoms with Crippen LogP contribution in [0.1, 0.15) is 79.6 Å². The first kappa shape index (κ1) is 26.0. The lowest BCUT2D eigenvalue weighted by molar-refractivity contribution is -0.122. The lowest BCUT2D eigenvalue weighted by atomic mass is 9.81. The van der Waals surface area contributed by atoms with Crippen molar-refractivity contribution in [2.45, 2.75) is 75.8 Å². The molecule has 3 heterocycles. The quantitative estimate of drug-likeness (QED) is 0.235. The van der Waals surface area contributed by atoms with Gasteiger partial charge < -0.3 is 15.2 Å². The third-order valence-corrected chi connectivity index (χ3v) is 9.81. The fraction of sp³-hybridized carbons (Fsp3) is 0.364. The smallest absolute Gasteiger partial charge is 0.252 e. The molecule has 210 valence electrons. The number of thiazole rings is 1. The number of hydrogen-bond donors (Lipinski definition) is 3. The van der Waals surface area contributed by atoms with Gasteiger partial charge in [-0.3, -0.25) is 14.9 Å². The Bertz CT molecular complexity index is 1640. The zero-order valence-electron chi connectivity index (χ0n) is 23.2. The number of hydrogen-bond acceptors (Lipinski definition) is 5. The standard InChI is InChI=1S/C33H35N5O2S/c1-21-20-38-27-19-23(30(39)37-33(15-7-8-16-33)31(40)36-32-34-17-18-41-32)13-14-25(27)28(22-9-3-2-4-10-22)29(38)24-11-5-6-12-26(24)35-21/h5-6,11-14,17-19,22,35H,1-4,7-10,15-16,20H2,(H,37,39)(H,34,36,40). The van der Waals surface area contributed by atoms with Crippen molar-refractivity contribution in [2.24, 2.45) is 0 Å².